The Balaban J connectivity index is 2.22. The number of rotatable bonds is 6. The molecule has 116 valence electrons. The zero-order chi connectivity index (χ0) is 15.6. The van der Waals surface area contributed by atoms with Crippen molar-refractivity contribution in [3.05, 3.63) is 27.2 Å². The fourth-order valence-corrected chi connectivity index (χ4v) is 2.48. The molecule has 0 fully saturated rings. The van der Waals surface area contributed by atoms with Gasteiger partial charge in [0.05, 0.1) is 12.4 Å². The Bertz CT molecular complexity index is 739. The van der Waals surface area contributed by atoms with E-state index in [4.69, 9.17) is 0 Å². The molecule has 0 aliphatic heterocycles. The van der Waals surface area contributed by atoms with Gasteiger partial charge in [-0.05, 0) is 19.8 Å². The van der Waals surface area contributed by atoms with E-state index >= 15 is 0 Å². The maximum atomic E-state index is 12.4. The van der Waals surface area contributed by atoms with Crippen LogP contribution in [0.25, 0.3) is 11.2 Å². The van der Waals surface area contributed by atoms with Crippen molar-refractivity contribution in [2.45, 2.75) is 45.3 Å². The monoisotopic (exact) mass is 294 g/mol. The van der Waals surface area contributed by atoms with Crippen LogP contribution in [-0.2, 0) is 20.6 Å². The Hall–Kier alpha value is -1.89. The third-order valence-corrected chi connectivity index (χ3v) is 3.70. The van der Waals surface area contributed by atoms with Crippen LogP contribution in [0, 0.1) is 0 Å². The Kier molecular flexibility index (Phi) is 4.62. The van der Waals surface area contributed by atoms with E-state index in [0.29, 0.717) is 17.7 Å². The Morgan fingerprint density at radius 2 is 1.95 bits per heavy atom. The highest BCUT2D eigenvalue weighted by atomic mass is 16.3. The van der Waals surface area contributed by atoms with E-state index in [1.54, 1.807) is 31.9 Å². The standard InChI is InChI=1S/C14H22N4O3/c1-10(19)7-5-4-6-8-18-13(20)11-12(15-9-16(11)2)17(3)14(18)21/h9-10,19H,4-8H2,1-3H3. The first kappa shape index (κ1) is 15.5. The van der Waals surface area contributed by atoms with Gasteiger partial charge in [-0.15, -0.1) is 0 Å². The second-order valence-corrected chi connectivity index (χ2v) is 5.52. The predicted octanol–water partition coefficient (Wildman–Crippen LogP) is 0.375. The van der Waals surface area contributed by atoms with Crippen molar-refractivity contribution < 1.29 is 5.11 Å². The molecule has 0 aliphatic rings. The van der Waals surface area contributed by atoms with Crippen molar-refractivity contribution >= 4 is 11.2 Å². The molecule has 0 aliphatic carbocycles. The van der Waals surface area contributed by atoms with Gasteiger partial charge in [0, 0.05) is 20.6 Å². The minimum Gasteiger partial charge on any atom is -0.393 e. The lowest BCUT2D eigenvalue weighted by atomic mass is 10.1. The van der Waals surface area contributed by atoms with Crippen LogP contribution in [-0.4, -0.2) is 29.9 Å². The topological polar surface area (TPSA) is 82.1 Å². The van der Waals surface area contributed by atoms with Crippen LogP contribution in [0.2, 0.25) is 0 Å². The second-order valence-electron chi connectivity index (χ2n) is 5.52. The van der Waals surface area contributed by atoms with Gasteiger partial charge in [0.25, 0.3) is 5.56 Å². The molecule has 1 unspecified atom stereocenters. The highest BCUT2D eigenvalue weighted by Gasteiger charge is 2.14. The summed E-state index contributed by atoms with van der Waals surface area (Å²) in [5, 5.41) is 9.20. The van der Waals surface area contributed by atoms with Crippen LogP contribution in [0.5, 0.6) is 0 Å². The summed E-state index contributed by atoms with van der Waals surface area (Å²) in [5.41, 5.74) is 0.240. The van der Waals surface area contributed by atoms with Crippen molar-refractivity contribution in [2.24, 2.45) is 14.1 Å². The van der Waals surface area contributed by atoms with Crippen molar-refractivity contribution in [1.29, 1.82) is 0 Å². The van der Waals surface area contributed by atoms with E-state index < -0.39 is 0 Å². The highest BCUT2D eigenvalue weighted by Crippen LogP contribution is 2.06. The molecule has 0 saturated heterocycles. The Morgan fingerprint density at radius 1 is 1.24 bits per heavy atom. The summed E-state index contributed by atoms with van der Waals surface area (Å²) in [6.45, 7) is 2.16. The minimum absolute atomic E-state index is 0.288. The first-order chi connectivity index (χ1) is 9.93. The van der Waals surface area contributed by atoms with Crippen molar-refractivity contribution in [3.8, 4) is 0 Å². The van der Waals surface area contributed by atoms with Crippen LogP contribution in [0.4, 0.5) is 0 Å². The minimum atomic E-state index is -0.332. The molecule has 21 heavy (non-hydrogen) atoms. The molecule has 0 saturated carbocycles. The molecule has 0 aromatic carbocycles. The molecule has 2 heterocycles. The van der Waals surface area contributed by atoms with Crippen LogP contribution in [0.1, 0.15) is 32.6 Å². The molecule has 1 N–H and O–H groups in total. The van der Waals surface area contributed by atoms with Crippen LogP contribution >= 0.6 is 0 Å². The van der Waals surface area contributed by atoms with E-state index in [0.717, 1.165) is 25.7 Å². The van der Waals surface area contributed by atoms with Gasteiger partial charge in [-0.25, -0.2) is 9.78 Å². The Morgan fingerprint density at radius 3 is 2.62 bits per heavy atom. The molecule has 0 spiro atoms. The predicted molar refractivity (Wildman–Crippen MR) is 80.4 cm³/mol. The maximum Gasteiger partial charge on any atom is 0.332 e. The molecule has 0 radical (unpaired) electrons. The summed E-state index contributed by atoms with van der Waals surface area (Å²) in [4.78, 5) is 28.7. The molecule has 2 aromatic heterocycles. The van der Waals surface area contributed by atoms with E-state index in [1.165, 1.54) is 9.13 Å². The number of aliphatic hydroxyl groups excluding tert-OH is 1. The lowest BCUT2D eigenvalue weighted by molar-refractivity contribution is 0.180. The number of hydrogen-bond acceptors (Lipinski definition) is 4. The molecule has 7 heteroatoms. The number of aliphatic hydroxyl groups is 1. The number of aromatic nitrogens is 4. The fourth-order valence-electron chi connectivity index (χ4n) is 2.48. The average Bonchev–Trinajstić information content (AvgIpc) is 2.81. The van der Waals surface area contributed by atoms with Crippen molar-refractivity contribution in [2.75, 3.05) is 0 Å². The summed E-state index contributed by atoms with van der Waals surface area (Å²) < 4.78 is 4.32. The average molecular weight is 294 g/mol. The molecular weight excluding hydrogens is 272 g/mol. The Labute approximate surface area is 122 Å². The first-order valence-corrected chi connectivity index (χ1v) is 7.22. The van der Waals surface area contributed by atoms with Crippen LogP contribution in [0.15, 0.2) is 15.9 Å². The summed E-state index contributed by atoms with van der Waals surface area (Å²) >= 11 is 0. The van der Waals surface area contributed by atoms with Gasteiger partial charge in [-0.1, -0.05) is 12.8 Å². The zero-order valence-electron chi connectivity index (χ0n) is 12.7. The highest BCUT2D eigenvalue weighted by molar-refractivity contribution is 5.69. The normalized spacial score (nSPS) is 13.0. The zero-order valence-corrected chi connectivity index (χ0v) is 12.7. The number of aryl methyl sites for hydroxylation is 2. The quantitative estimate of drug-likeness (QED) is 0.781. The summed E-state index contributed by atoms with van der Waals surface area (Å²) in [6.07, 6.45) is 4.49. The lowest BCUT2D eigenvalue weighted by Gasteiger charge is -2.09. The van der Waals surface area contributed by atoms with Crippen LogP contribution < -0.4 is 11.2 Å². The molecule has 1 atom stereocenters. The van der Waals surface area contributed by atoms with Gasteiger partial charge in [0.15, 0.2) is 11.2 Å². The van der Waals surface area contributed by atoms with Crippen molar-refractivity contribution in [1.82, 2.24) is 18.7 Å². The van der Waals surface area contributed by atoms with E-state index in [2.05, 4.69) is 4.98 Å². The number of hydrogen-bond donors (Lipinski definition) is 1. The van der Waals surface area contributed by atoms with E-state index in [9.17, 15) is 14.7 Å². The third-order valence-electron chi connectivity index (χ3n) is 3.70. The largest absolute Gasteiger partial charge is 0.393 e. The molecule has 2 rings (SSSR count). The van der Waals surface area contributed by atoms with Gasteiger partial charge < -0.3 is 9.67 Å². The van der Waals surface area contributed by atoms with Crippen LogP contribution in [0.3, 0.4) is 0 Å². The molecule has 0 amide bonds. The molecule has 7 nitrogen and oxygen atoms in total. The SMILES string of the molecule is CC(O)CCCCCn1c(=O)c2c(ncn2C)n(C)c1=O. The fraction of sp³-hybridized carbons (Fsp3) is 0.643. The number of fused-ring (bicyclic) bond motifs is 1. The maximum absolute atomic E-state index is 12.4. The number of imidazole rings is 1. The number of unbranched alkanes of at least 4 members (excludes halogenated alkanes) is 2. The summed E-state index contributed by atoms with van der Waals surface area (Å²) in [6, 6.07) is 0. The number of nitrogens with zero attached hydrogens (tertiary/aromatic N) is 4. The van der Waals surface area contributed by atoms with Gasteiger partial charge in [-0.2, -0.15) is 0 Å². The van der Waals surface area contributed by atoms with E-state index in [-0.39, 0.29) is 17.4 Å². The third kappa shape index (κ3) is 3.07. The lowest BCUT2D eigenvalue weighted by Crippen LogP contribution is -2.39. The van der Waals surface area contributed by atoms with Gasteiger partial charge in [0.2, 0.25) is 0 Å². The van der Waals surface area contributed by atoms with Gasteiger partial charge in [0.1, 0.15) is 0 Å². The summed E-state index contributed by atoms with van der Waals surface area (Å²) in [5.74, 6) is 0. The second kappa shape index (κ2) is 6.26. The smallest absolute Gasteiger partial charge is 0.332 e. The summed E-state index contributed by atoms with van der Waals surface area (Å²) in [7, 11) is 3.37. The van der Waals surface area contributed by atoms with Gasteiger partial charge >= 0.3 is 5.69 Å². The molecule has 2 aromatic rings. The molecule has 0 bridgehead atoms. The van der Waals surface area contributed by atoms with Gasteiger partial charge in [-0.3, -0.25) is 13.9 Å². The van der Waals surface area contributed by atoms with E-state index in [1.807, 2.05) is 0 Å². The van der Waals surface area contributed by atoms with Crippen molar-refractivity contribution in [3.63, 3.8) is 0 Å². The first-order valence-electron chi connectivity index (χ1n) is 7.22. The molecular formula is C14H22N4O3.